The molecule has 3 N–H and O–H groups in total. The van der Waals surface area contributed by atoms with Crippen LogP contribution >= 0.6 is 11.3 Å². The number of hydrogen-bond acceptors (Lipinski definition) is 12. The Hall–Kier alpha value is -7.38. The highest BCUT2D eigenvalue weighted by Crippen LogP contribution is 2.39. The van der Waals surface area contributed by atoms with Gasteiger partial charge in [0.1, 0.15) is 17.6 Å². The zero-order chi connectivity index (χ0) is 53.5. The lowest BCUT2D eigenvalue weighted by molar-refractivity contribution is -0.184. The fraction of sp³-hybridized carbons (Fsp3) is 0.397. The SMILES string of the molecule is Cc1c(OC2CCC(CCCCN3CCN(c4ccc5c(C6CCC(=O)NC6=O)nn(C)c5c4)CC3C(F)(F)F)CC2)cccc1-c1ccc(N2CCc3cccc(C(=O)Nc4nc5ccccc5s4)c3C2)nc1C(=O)O. The smallest absolute Gasteiger partial charge is 0.405 e. The fourth-order valence-corrected chi connectivity index (χ4v) is 12.8. The molecule has 15 nitrogen and oxygen atoms in total. The molecule has 11 rings (SSSR count). The molecule has 2 atom stereocenters. The van der Waals surface area contributed by atoms with Gasteiger partial charge in [-0.15, -0.1) is 0 Å². The van der Waals surface area contributed by atoms with Gasteiger partial charge in [-0.05, 0) is 141 Å². The van der Waals surface area contributed by atoms with E-state index in [1.54, 1.807) is 33.7 Å². The van der Waals surface area contributed by atoms with E-state index < -0.39 is 24.1 Å². The number of carbonyl (C=O) groups excluding carboxylic acids is 3. The van der Waals surface area contributed by atoms with Crippen LogP contribution in [0.4, 0.5) is 29.8 Å². The number of unbranched alkanes of at least 4 members (excludes halogenated alkanes) is 1. The number of piperazine rings is 1. The largest absolute Gasteiger partial charge is 0.490 e. The number of carboxylic acid groups (broad SMARTS) is 1. The third-order valence-corrected chi connectivity index (χ3v) is 17.0. The van der Waals surface area contributed by atoms with Crippen molar-refractivity contribution in [3.8, 4) is 16.9 Å². The summed E-state index contributed by atoms with van der Waals surface area (Å²) >= 11 is 1.42. The Morgan fingerprint density at radius 1 is 0.870 bits per heavy atom. The number of amides is 3. The highest BCUT2D eigenvalue weighted by molar-refractivity contribution is 7.22. The summed E-state index contributed by atoms with van der Waals surface area (Å²) in [5.74, 6) is -1.02. The Kier molecular flexibility index (Phi) is 14.5. The number of nitrogens with zero attached hydrogens (tertiary/aromatic N) is 7. The number of thiazole rings is 1. The summed E-state index contributed by atoms with van der Waals surface area (Å²) in [6, 6.07) is 26.6. The monoisotopic (exact) mass is 1070 g/mol. The molecule has 77 heavy (non-hydrogen) atoms. The second-order valence-electron chi connectivity index (χ2n) is 20.9. The summed E-state index contributed by atoms with van der Waals surface area (Å²) in [5, 5.41) is 21.8. The van der Waals surface area contributed by atoms with E-state index in [9.17, 15) is 37.5 Å². The third-order valence-electron chi connectivity index (χ3n) is 16.1. The molecule has 0 spiro atoms. The lowest BCUT2D eigenvalue weighted by Crippen LogP contribution is -2.59. The molecule has 4 aromatic carbocycles. The maximum absolute atomic E-state index is 14.7. The summed E-state index contributed by atoms with van der Waals surface area (Å²) in [7, 11) is 1.75. The molecule has 3 aliphatic heterocycles. The number of fused-ring (bicyclic) bond motifs is 3. The molecule has 0 radical (unpaired) electrons. The van der Waals surface area contributed by atoms with E-state index in [1.165, 1.54) is 11.3 Å². The van der Waals surface area contributed by atoms with Crippen molar-refractivity contribution in [1.82, 2.24) is 30.0 Å². The van der Waals surface area contributed by atoms with Gasteiger partial charge in [-0.1, -0.05) is 60.6 Å². The Morgan fingerprint density at radius 2 is 1.69 bits per heavy atom. The number of nitrogens with one attached hydrogen (secondary N) is 2. The minimum atomic E-state index is -4.40. The number of benzene rings is 4. The van der Waals surface area contributed by atoms with E-state index in [2.05, 4.69) is 20.7 Å². The van der Waals surface area contributed by atoms with E-state index in [-0.39, 0.29) is 49.0 Å². The number of hydrogen-bond donors (Lipinski definition) is 3. The van der Waals surface area contributed by atoms with E-state index in [4.69, 9.17) is 9.72 Å². The van der Waals surface area contributed by atoms with Gasteiger partial charge in [-0.2, -0.15) is 18.3 Å². The Balaban J connectivity index is 0.671. The second-order valence-corrected chi connectivity index (χ2v) is 21.9. The number of ether oxygens (including phenoxy) is 1. The number of anilines is 3. The molecular formula is C58H60F3N9O6S. The standard InChI is InChI=1S/C58H60F3N9O6S/c1-34-39(40-22-24-50(63-53(40)56(74)75)70-28-26-36-10-7-12-41(44(36)32-70)54(72)65-57-62-45-13-3-4-15-48(45)77-57)11-8-14-47(34)76-38-19-16-35(17-20-38)9-5-6-27-68-29-30-69(33-49(68)58(59,60)61)37-18-21-42-46(31-37)67(2)66-52(42)43-23-25-51(71)64-55(43)73/h3-4,7-8,10-15,18,21-22,24,31,35,38,43,49H,5-6,9,16-17,19-20,23,25-30,32-33H2,1-2H3,(H,74,75)(H,62,65,72)(H,64,71,73). The normalized spacial score (nSPS) is 20.3. The van der Waals surface area contributed by atoms with E-state index in [0.717, 1.165) is 70.8 Å². The topological polar surface area (TPSA) is 175 Å². The number of para-hydroxylation sites is 1. The first-order valence-electron chi connectivity index (χ1n) is 26.5. The van der Waals surface area contributed by atoms with Gasteiger partial charge in [0, 0.05) is 68.4 Å². The van der Waals surface area contributed by atoms with Crippen molar-refractivity contribution in [2.24, 2.45) is 13.0 Å². The maximum Gasteiger partial charge on any atom is 0.405 e. The number of rotatable bonds is 14. The first-order chi connectivity index (χ1) is 37.1. The van der Waals surface area contributed by atoms with Crippen LogP contribution in [0.2, 0.25) is 0 Å². The Labute approximate surface area is 447 Å². The lowest BCUT2D eigenvalue weighted by Gasteiger charge is -2.43. The molecule has 3 aromatic heterocycles. The summed E-state index contributed by atoms with van der Waals surface area (Å²) in [6.07, 6.45) is 2.85. The molecule has 7 aromatic rings. The molecule has 2 unspecified atom stereocenters. The van der Waals surface area contributed by atoms with Gasteiger partial charge in [-0.3, -0.25) is 34.6 Å². The zero-order valence-electron chi connectivity index (χ0n) is 42.9. The van der Waals surface area contributed by atoms with Crippen molar-refractivity contribution in [3.63, 3.8) is 0 Å². The molecule has 2 saturated heterocycles. The van der Waals surface area contributed by atoms with Crippen LogP contribution in [-0.4, -0.2) is 104 Å². The van der Waals surface area contributed by atoms with E-state index >= 15 is 0 Å². The highest BCUT2D eigenvalue weighted by Gasteiger charge is 2.46. The average Bonchev–Trinajstić information content (AvgIpc) is 4.00. The highest BCUT2D eigenvalue weighted by atomic mass is 32.1. The van der Waals surface area contributed by atoms with Crippen molar-refractivity contribution < 1.29 is 42.2 Å². The van der Waals surface area contributed by atoms with E-state index in [1.807, 2.05) is 90.7 Å². The number of pyridine rings is 1. The summed E-state index contributed by atoms with van der Waals surface area (Å²) in [4.78, 5) is 65.6. The summed E-state index contributed by atoms with van der Waals surface area (Å²) < 4.78 is 53.2. The molecule has 3 amide bonds. The van der Waals surface area contributed by atoms with Crippen LogP contribution < -0.4 is 25.2 Å². The fourth-order valence-electron chi connectivity index (χ4n) is 11.9. The van der Waals surface area contributed by atoms with Crippen LogP contribution in [0.3, 0.4) is 0 Å². The van der Waals surface area contributed by atoms with Gasteiger partial charge >= 0.3 is 12.1 Å². The van der Waals surface area contributed by atoms with Crippen LogP contribution in [0.15, 0.2) is 91.0 Å². The molecular weight excluding hydrogens is 1010 g/mol. The first kappa shape index (κ1) is 51.7. The van der Waals surface area contributed by atoms with Crippen molar-refractivity contribution >= 4 is 72.8 Å². The number of aromatic carboxylic acids is 1. The minimum Gasteiger partial charge on any atom is -0.490 e. The number of aryl methyl sites for hydroxylation is 1. The number of carbonyl (C=O) groups is 4. The lowest BCUT2D eigenvalue weighted by atomic mass is 9.84. The van der Waals surface area contributed by atoms with Gasteiger partial charge in [0.05, 0.1) is 33.4 Å². The minimum absolute atomic E-state index is 0.0235. The van der Waals surface area contributed by atoms with Crippen LogP contribution in [0.25, 0.3) is 32.2 Å². The number of aromatic nitrogens is 4. The van der Waals surface area contributed by atoms with Crippen molar-refractivity contribution in [3.05, 3.63) is 125 Å². The van der Waals surface area contributed by atoms with Gasteiger partial charge < -0.3 is 19.6 Å². The van der Waals surface area contributed by atoms with Gasteiger partial charge in [0.2, 0.25) is 11.8 Å². The van der Waals surface area contributed by atoms with Crippen LogP contribution in [0.1, 0.15) is 107 Å². The molecule has 19 heteroatoms. The molecule has 400 valence electrons. The average molecular weight is 1070 g/mol. The summed E-state index contributed by atoms with van der Waals surface area (Å²) in [5.41, 5.74) is 7.17. The number of carboxylic acids is 1. The van der Waals surface area contributed by atoms with E-state index in [0.29, 0.717) is 102 Å². The molecule has 0 bridgehead atoms. The van der Waals surface area contributed by atoms with Crippen molar-refractivity contribution in [1.29, 1.82) is 0 Å². The summed E-state index contributed by atoms with van der Waals surface area (Å²) in [6.45, 7) is 3.82. The van der Waals surface area contributed by atoms with Crippen LogP contribution in [0, 0.1) is 12.8 Å². The number of halogens is 3. The molecule has 6 heterocycles. The van der Waals surface area contributed by atoms with Gasteiger partial charge in [-0.25, -0.2) is 14.8 Å². The number of piperidine rings is 1. The van der Waals surface area contributed by atoms with Gasteiger partial charge in [0.15, 0.2) is 10.8 Å². The molecule has 4 aliphatic rings. The van der Waals surface area contributed by atoms with Gasteiger partial charge in [0.25, 0.3) is 5.91 Å². The van der Waals surface area contributed by atoms with Crippen molar-refractivity contribution in [2.75, 3.05) is 47.8 Å². The van der Waals surface area contributed by atoms with Crippen molar-refractivity contribution in [2.45, 2.75) is 102 Å². The molecule has 1 aliphatic carbocycles. The number of imide groups is 1. The molecule has 3 fully saturated rings. The number of alkyl halides is 3. The molecule has 1 saturated carbocycles. The second kappa shape index (κ2) is 21.6. The Bertz CT molecular complexity index is 3370. The Morgan fingerprint density at radius 3 is 2.48 bits per heavy atom. The predicted molar refractivity (Wildman–Crippen MR) is 290 cm³/mol. The zero-order valence-corrected chi connectivity index (χ0v) is 43.8. The van der Waals surface area contributed by atoms with Crippen LogP contribution in [0.5, 0.6) is 5.75 Å². The predicted octanol–water partition coefficient (Wildman–Crippen LogP) is 10.4. The third kappa shape index (κ3) is 10.8. The van der Waals surface area contributed by atoms with Crippen LogP contribution in [-0.2, 0) is 29.6 Å². The first-order valence-corrected chi connectivity index (χ1v) is 27.4. The maximum atomic E-state index is 14.7. The quantitative estimate of drug-likeness (QED) is 0.0696.